The molecule has 2 unspecified atom stereocenters. The number of hydrogen-bond acceptors (Lipinski definition) is 3. The summed E-state index contributed by atoms with van der Waals surface area (Å²) in [4.78, 5) is 2.49. The first-order valence-electron chi connectivity index (χ1n) is 8.27. The number of piperidine rings is 1. The van der Waals surface area contributed by atoms with E-state index in [4.69, 9.17) is 4.74 Å². The van der Waals surface area contributed by atoms with E-state index in [0.29, 0.717) is 12.1 Å². The van der Waals surface area contributed by atoms with Gasteiger partial charge >= 0.3 is 0 Å². The molecule has 2 rings (SSSR count). The summed E-state index contributed by atoms with van der Waals surface area (Å²) in [6.45, 7) is 8.66. The van der Waals surface area contributed by atoms with Gasteiger partial charge in [0.25, 0.3) is 0 Å². The van der Waals surface area contributed by atoms with Crippen LogP contribution in [0.5, 0.6) is 5.75 Å². The molecule has 1 fully saturated rings. The molecule has 2 atom stereocenters. The van der Waals surface area contributed by atoms with Crippen LogP contribution in [0.4, 0.5) is 0 Å². The summed E-state index contributed by atoms with van der Waals surface area (Å²) in [7, 11) is 2.24. The summed E-state index contributed by atoms with van der Waals surface area (Å²) in [5.74, 6) is 1.00. The Hall–Kier alpha value is -1.06. The van der Waals surface area contributed by atoms with E-state index in [1.807, 2.05) is 6.07 Å². The molecule has 3 heteroatoms. The van der Waals surface area contributed by atoms with E-state index in [1.54, 1.807) is 0 Å². The smallest absolute Gasteiger partial charge is 0.124 e. The Morgan fingerprint density at radius 3 is 2.71 bits per heavy atom. The number of ether oxygens (including phenoxy) is 1. The number of nitrogens with zero attached hydrogens (tertiary/aromatic N) is 1. The highest BCUT2D eigenvalue weighted by molar-refractivity contribution is 5.35. The molecule has 1 aromatic rings. The summed E-state index contributed by atoms with van der Waals surface area (Å²) < 4.78 is 5.93. The average molecular weight is 290 g/mol. The molecule has 1 aliphatic heterocycles. The Morgan fingerprint density at radius 2 is 2.00 bits per heavy atom. The van der Waals surface area contributed by atoms with E-state index in [2.05, 4.69) is 56.2 Å². The SMILES string of the molecule is CC(C)Oc1ccccc1C(C)NCC1CCCCN1C. The zero-order valence-corrected chi connectivity index (χ0v) is 13.9. The quantitative estimate of drug-likeness (QED) is 0.866. The van der Waals surface area contributed by atoms with Crippen molar-refractivity contribution < 1.29 is 4.74 Å². The van der Waals surface area contributed by atoms with Crippen LogP contribution in [-0.4, -0.2) is 37.2 Å². The number of hydrogen-bond donors (Lipinski definition) is 1. The van der Waals surface area contributed by atoms with Gasteiger partial charge in [0.1, 0.15) is 5.75 Å². The fraction of sp³-hybridized carbons (Fsp3) is 0.667. The van der Waals surface area contributed by atoms with E-state index in [-0.39, 0.29) is 6.10 Å². The van der Waals surface area contributed by atoms with Gasteiger partial charge in [-0.25, -0.2) is 0 Å². The fourth-order valence-electron chi connectivity index (χ4n) is 3.02. The molecule has 0 amide bonds. The molecule has 0 aliphatic carbocycles. The lowest BCUT2D eigenvalue weighted by Gasteiger charge is -2.33. The minimum Gasteiger partial charge on any atom is -0.491 e. The fourth-order valence-corrected chi connectivity index (χ4v) is 3.02. The standard InChI is InChI=1S/C18H30N2O/c1-14(2)21-18-11-6-5-10-17(18)15(3)19-13-16-9-7-8-12-20(16)4/h5-6,10-11,14-16,19H,7-9,12-13H2,1-4H3. The van der Waals surface area contributed by atoms with Gasteiger partial charge < -0.3 is 15.0 Å². The summed E-state index contributed by atoms with van der Waals surface area (Å²) in [5, 5.41) is 3.69. The van der Waals surface area contributed by atoms with Crippen LogP contribution >= 0.6 is 0 Å². The van der Waals surface area contributed by atoms with Crippen LogP contribution in [0.25, 0.3) is 0 Å². The van der Waals surface area contributed by atoms with Crippen molar-refractivity contribution in [2.24, 2.45) is 0 Å². The average Bonchev–Trinajstić information content (AvgIpc) is 2.46. The van der Waals surface area contributed by atoms with Gasteiger partial charge in [0.2, 0.25) is 0 Å². The van der Waals surface area contributed by atoms with Crippen LogP contribution in [0.15, 0.2) is 24.3 Å². The molecule has 0 radical (unpaired) electrons. The second kappa shape index (κ2) is 7.81. The van der Waals surface area contributed by atoms with Gasteiger partial charge in [-0.15, -0.1) is 0 Å². The summed E-state index contributed by atoms with van der Waals surface area (Å²) in [5.41, 5.74) is 1.25. The van der Waals surface area contributed by atoms with Crippen LogP contribution < -0.4 is 10.1 Å². The summed E-state index contributed by atoms with van der Waals surface area (Å²) in [6.07, 6.45) is 4.22. The van der Waals surface area contributed by atoms with Crippen molar-refractivity contribution in [1.29, 1.82) is 0 Å². The molecule has 21 heavy (non-hydrogen) atoms. The van der Waals surface area contributed by atoms with E-state index in [0.717, 1.165) is 12.3 Å². The third-order valence-corrected chi connectivity index (χ3v) is 4.33. The van der Waals surface area contributed by atoms with Crippen molar-refractivity contribution in [3.8, 4) is 5.75 Å². The maximum absolute atomic E-state index is 5.93. The molecule has 0 bridgehead atoms. The van der Waals surface area contributed by atoms with Gasteiger partial charge in [0.05, 0.1) is 6.10 Å². The number of para-hydroxylation sites is 1. The number of rotatable bonds is 6. The normalized spacial score (nSPS) is 21.5. The first kappa shape index (κ1) is 16.3. The molecule has 3 nitrogen and oxygen atoms in total. The molecule has 1 aromatic carbocycles. The third kappa shape index (κ3) is 4.72. The number of likely N-dealkylation sites (N-methyl/N-ethyl adjacent to an activating group) is 1. The van der Waals surface area contributed by atoms with E-state index < -0.39 is 0 Å². The molecule has 0 spiro atoms. The predicted molar refractivity (Wildman–Crippen MR) is 88.9 cm³/mol. The Bertz CT molecular complexity index is 433. The Labute approximate surface area is 129 Å². The molecular formula is C18H30N2O. The second-order valence-electron chi connectivity index (χ2n) is 6.46. The van der Waals surface area contributed by atoms with Gasteiger partial charge in [-0.05, 0) is 53.3 Å². The highest BCUT2D eigenvalue weighted by Crippen LogP contribution is 2.26. The van der Waals surface area contributed by atoms with Crippen LogP contribution in [0.1, 0.15) is 51.6 Å². The number of nitrogens with one attached hydrogen (secondary N) is 1. The predicted octanol–water partition coefficient (Wildman–Crippen LogP) is 3.61. The van der Waals surface area contributed by atoms with Crippen LogP contribution in [0, 0.1) is 0 Å². The largest absolute Gasteiger partial charge is 0.491 e. The van der Waals surface area contributed by atoms with Crippen molar-refractivity contribution in [2.75, 3.05) is 20.1 Å². The van der Waals surface area contributed by atoms with Crippen LogP contribution in [-0.2, 0) is 0 Å². The van der Waals surface area contributed by atoms with Crippen molar-refractivity contribution in [3.05, 3.63) is 29.8 Å². The molecule has 0 saturated carbocycles. The lowest BCUT2D eigenvalue weighted by Crippen LogP contribution is -2.43. The van der Waals surface area contributed by atoms with Gasteiger partial charge in [-0.2, -0.15) is 0 Å². The van der Waals surface area contributed by atoms with Crippen molar-refractivity contribution in [3.63, 3.8) is 0 Å². The third-order valence-electron chi connectivity index (χ3n) is 4.33. The van der Waals surface area contributed by atoms with Crippen molar-refractivity contribution in [1.82, 2.24) is 10.2 Å². The molecular weight excluding hydrogens is 260 g/mol. The van der Waals surface area contributed by atoms with Gasteiger partial charge in [-0.3, -0.25) is 0 Å². The summed E-state index contributed by atoms with van der Waals surface area (Å²) in [6, 6.07) is 9.35. The van der Waals surface area contributed by atoms with E-state index in [9.17, 15) is 0 Å². The van der Waals surface area contributed by atoms with Gasteiger partial charge in [0, 0.05) is 24.2 Å². The number of benzene rings is 1. The molecule has 0 aromatic heterocycles. The molecule has 1 aliphatic rings. The Morgan fingerprint density at radius 1 is 1.24 bits per heavy atom. The highest BCUT2D eigenvalue weighted by atomic mass is 16.5. The maximum Gasteiger partial charge on any atom is 0.124 e. The van der Waals surface area contributed by atoms with Gasteiger partial charge in [-0.1, -0.05) is 24.6 Å². The first-order chi connectivity index (χ1) is 10.1. The van der Waals surface area contributed by atoms with E-state index >= 15 is 0 Å². The Balaban J connectivity index is 1.95. The minimum atomic E-state index is 0.211. The monoisotopic (exact) mass is 290 g/mol. The zero-order valence-electron chi connectivity index (χ0n) is 13.9. The summed E-state index contributed by atoms with van der Waals surface area (Å²) >= 11 is 0. The second-order valence-corrected chi connectivity index (χ2v) is 6.46. The highest BCUT2D eigenvalue weighted by Gasteiger charge is 2.20. The minimum absolute atomic E-state index is 0.211. The molecule has 118 valence electrons. The topological polar surface area (TPSA) is 24.5 Å². The molecule has 1 N–H and O–H groups in total. The van der Waals surface area contributed by atoms with Crippen molar-refractivity contribution in [2.45, 2.75) is 58.2 Å². The van der Waals surface area contributed by atoms with Gasteiger partial charge in [0.15, 0.2) is 0 Å². The first-order valence-corrected chi connectivity index (χ1v) is 8.27. The van der Waals surface area contributed by atoms with Crippen molar-refractivity contribution >= 4 is 0 Å². The lowest BCUT2D eigenvalue weighted by molar-refractivity contribution is 0.178. The van der Waals surface area contributed by atoms with Crippen LogP contribution in [0.2, 0.25) is 0 Å². The van der Waals surface area contributed by atoms with E-state index in [1.165, 1.54) is 31.4 Å². The molecule has 1 heterocycles. The zero-order chi connectivity index (χ0) is 15.2. The molecule has 1 saturated heterocycles. The maximum atomic E-state index is 5.93. The number of likely N-dealkylation sites (tertiary alicyclic amines) is 1. The Kier molecular flexibility index (Phi) is 6.07. The lowest BCUT2D eigenvalue weighted by atomic mass is 10.0. The van der Waals surface area contributed by atoms with Crippen LogP contribution in [0.3, 0.4) is 0 Å².